The largest absolute Gasteiger partial charge is 0.446 e. The summed E-state index contributed by atoms with van der Waals surface area (Å²) in [6.45, 7) is 0. The van der Waals surface area contributed by atoms with E-state index >= 15 is 0 Å². The maximum atomic E-state index is 12.2. The minimum atomic E-state index is -4.26. The van der Waals surface area contributed by atoms with Crippen LogP contribution in [0.4, 0.5) is 13.2 Å². The van der Waals surface area contributed by atoms with Gasteiger partial charge in [0.15, 0.2) is 0 Å². The molecule has 1 aromatic carbocycles. The Morgan fingerprint density at radius 2 is 1.67 bits per heavy atom. The lowest BCUT2D eigenvalue weighted by molar-refractivity contribution is -0.0328. The molecule has 1 aromatic rings. The third-order valence-corrected chi connectivity index (χ3v) is 4.04. The molecule has 1 aliphatic rings. The number of hydrogen-bond donors (Lipinski definition) is 1. The molecule has 0 bridgehead atoms. The summed E-state index contributed by atoms with van der Waals surface area (Å²) >= 11 is -0.128. The maximum Gasteiger partial charge on any atom is 0.446 e. The number of benzene rings is 1. The van der Waals surface area contributed by atoms with E-state index in [4.69, 9.17) is 0 Å². The summed E-state index contributed by atoms with van der Waals surface area (Å²) in [6.07, 6.45) is 3.71. The van der Waals surface area contributed by atoms with Gasteiger partial charge in [-0.3, -0.25) is 0 Å². The summed E-state index contributed by atoms with van der Waals surface area (Å²) in [4.78, 5) is 0.157. The molecule has 5 heteroatoms. The Balaban J connectivity index is 2.02. The standard InChI is InChI=1S/C13H15F3OS/c14-13(15,16)18-11-7-5-10(6-8-11)12(17)9-3-1-2-4-9/h5-9,12,17H,1-4H2. The average Bonchev–Trinajstić information content (AvgIpc) is 2.80. The fourth-order valence-electron chi connectivity index (χ4n) is 2.41. The van der Waals surface area contributed by atoms with E-state index < -0.39 is 11.6 Å². The molecule has 0 spiro atoms. The smallest absolute Gasteiger partial charge is 0.388 e. The lowest BCUT2D eigenvalue weighted by Gasteiger charge is -2.18. The number of halogens is 3. The Bertz CT molecular complexity index is 382. The fraction of sp³-hybridized carbons (Fsp3) is 0.538. The zero-order chi connectivity index (χ0) is 13.2. The Labute approximate surface area is 108 Å². The van der Waals surface area contributed by atoms with E-state index in [1.807, 2.05) is 0 Å². The van der Waals surface area contributed by atoms with Gasteiger partial charge in [-0.15, -0.1) is 0 Å². The predicted octanol–water partition coefficient (Wildman–Crippen LogP) is 4.52. The number of rotatable bonds is 3. The molecule has 18 heavy (non-hydrogen) atoms. The molecular formula is C13H15F3OS. The number of hydrogen-bond acceptors (Lipinski definition) is 2. The summed E-state index contributed by atoms with van der Waals surface area (Å²) in [5.41, 5.74) is -3.54. The van der Waals surface area contributed by atoms with E-state index in [0.29, 0.717) is 5.56 Å². The molecule has 0 heterocycles. The van der Waals surface area contributed by atoms with Gasteiger partial charge in [0.25, 0.3) is 0 Å². The number of aliphatic hydroxyl groups is 1. The van der Waals surface area contributed by atoms with Crippen LogP contribution in [-0.2, 0) is 0 Å². The highest BCUT2D eigenvalue weighted by molar-refractivity contribution is 8.00. The topological polar surface area (TPSA) is 20.2 Å². The Kier molecular flexibility index (Phi) is 4.22. The van der Waals surface area contributed by atoms with Crippen molar-refractivity contribution < 1.29 is 18.3 Å². The van der Waals surface area contributed by atoms with Crippen molar-refractivity contribution >= 4 is 11.8 Å². The van der Waals surface area contributed by atoms with Crippen LogP contribution in [0.2, 0.25) is 0 Å². The quantitative estimate of drug-likeness (QED) is 0.819. The van der Waals surface area contributed by atoms with Gasteiger partial charge < -0.3 is 5.11 Å². The molecular weight excluding hydrogens is 261 g/mol. The van der Waals surface area contributed by atoms with Crippen LogP contribution in [0.1, 0.15) is 37.4 Å². The van der Waals surface area contributed by atoms with Gasteiger partial charge in [0.05, 0.1) is 6.10 Å². The molecule has 1 nitrogen and oxygen atoms in total. The fourth-order valence-corrected chi connectivity index (χ4v) is 2.95. The zero-order valence-electron chi connectivity index (χ0n) is 9.78. The molecule has 0 saturated heterocycles. The first-order chi connectivity index (χ1) is 8.46. The Morgan fingerprint density at radius 1 is 1.11 bits per heavy atom. The Hall–Kier alpha value is -0.680. The van der Waals surface area contributed by atoms with E-state index in [1.54, 1.807) is 12.1 Å². The Morgan fingerprint density at radius 3 is 2.17 bits per heavy atom. The average molecular weight is 276 g/mol. The highest BCUT2D eigenvalue weighted by Crippen LogP contribution is 2.39. The minimum Gasteiger partial charge on any atom is -0.388 e. The normalized spacial score (nSPS) is 19.1. The second-order valence-electron chi connectivity index (χ2n) is 4.61. The van der Waals surface area contributed by atoms with Crippen LogP contribution in [0.3, 0.4) is 0 Å². The van der Waals surface area contributed by atoms with Crippen molar-refractivity contribution in [3.05, 3.63) is 29.8 Å². The highest BCUT2D eigenvalue weighted by Gasteiger charge is 2.29. The van der Waals surface area contributed by atoms with Crippen LogP contribution in [0.15, 0.2) is 29.2 Å². The summed E-state index contributed by atoms with van der Waals surface area (Å²) in [5.74, 6) is 0.256. The molecule has 100 valence electrons. The van der Waals surface area contributed by atoms with E-state index in [2.05, 4.69) is 0 Å². The molecule has 0 aliphatic heterocycles. The second-order valence-corrected chi connectivity index (χ2v) is 5.74. The zero-order valence-corrected chi connectivity index (χ0v) is 10.6. The maximum absolute atomic E-state index is 12.2. The molecule has 1 aliphatic carbocycles. The van der Waals surface area contributed by atoms with Crippen molar-refractivity contribution in [2.24, 2.45) is 5.92 Å². The molecule has 1 fully saturated rings. The van der Waals surface area contributed by atoms with Crippen molar-refractivity contribution in [3.8, 4) is 0 Å². The van der Waals surface area contributed by atoms with Crippen LogP contribution >= 0.6 is 11.8 Å². The molecule has 1 unspecified atom stereocenters. The third-order valence-electron chi connectivity index (χ3n) is 3.30. The van der Waals surface area contributed by atoms with Gasteiger partial charge in [0.1, 0.15) is 0 Å². The van der Waals surface area contributed by atoms with Gasteiger partial charge in [0.2, 0.25) is 0 Å². The number of aliphatic hydroxyl groups excluding tert-OH is 1. The van der Waals surface area contributed by atoms with E-state index in [1.165, 1.54) is 12.1 Å². The van der Waals surface area contributed by atoms with Crippen LogP contribution in [0.5, 0.6) is 0 Å². The molecule has 1 N–H and O–H groups in total. The van der Waals surface area contributed by atoms with Crippen molar-refractivity contribution in [2.45, 2.75) is 42.2 Å². The van der Waals surface area contributed by atoms with Gasteiger partial charge in [-0.25, -0.2) is 0 Å². The van der Waals surface area contributed by atoms with Gasteiger partial charge in [-0.05, 0) is 48.2 Å². The van der Waals surface area contributed by atoms with Crippen molar-refractivity contribution in [2.75, 3.05) is 0 Å². The monoisotopic (exact) mass is 276 g/mol. The lowest BCUT2D eigenvalue weighted by atomic mass is 9.95. The van der Waals surface area contributed by atoms with Crippen LogP contribution in [-0.4, -0.2) is 10.6 Å². The second kappa shape index (κ2) is 5.53. The first kappa shape index (κ1) is 13.7. The van der Waals surface area contributed by atoms with E-state index in [9.17, 15) is 18.3 Å². The summed E-state index contributed by atoms with van der Waals surface area (Å²) in [6, 6.07) is 6.03. The van der Waals surface area contributed by atoms with Crippen molar-refractivity contribution in [3.63, 3.8) is 0 Å². The van der Waals surface area contributed by atoms with Gasteiger partial charge in [0, 0.05) is 4.90 Å². The summed E-state index contributed by atoms with van der Waals surface area (Å²) in [7, 11) is 0. The number of thioether (sulfide) groups is 1. The predicted molar refractivity (Wildman–Crippen MR) is 65.3 cm³/mol. The first-order valence-electron chi connectivity index (χ1n) is 5.99. The van der Waals surface area contributed by atoms with Crippen LogP contribution < -0.4 is 0 Å². The van der Waals surface area contributed by atoms with Crippen LogP contribution in [0, 0.1) is 5.92 Å². The molecule has 1 saturated carbocycles. The molecule has 0 radical (unpaired) electrons. The molecule has 0 aromatic heterocycles. The molecule has 0 amide bonds. The van der Waals surface area contributed by atoms with Crippen molar-refractivity contribution in [1.82, 2.24) is 0 Å². The molecule has 1 atom stereocenters. The van der Waals surface area contributed by atoms with Crippen LogP contribution in [0.25, 0.3) is 0 Å². The number of alkyl halides is 3. The minimum absolute atomic E-state index is 0.128. The summed E-state index contributed by atoms with van der Waals surface area (Å²) < 4.78 is 36.5. The summed E-state index contributed by atoms with van der Waals surface area (Å²) in [5, 5.41) is 10.1. The first-order valence-corrected chi connectivity index (χ1v) is 6.81. The van der Waals surface area contributed by atoms with Gasteiger partial charge in [-0.2, -0.15) is 13.2 Å². The highest BCUT2D eigenvalue weighted by atomic mass is 32.2. The lowest BCUT2D eigenvalue weighted by Crippen LogP contribution is -2.08. The third kappa shape index (κ3) is 3.65. The van der Waals surface area contributed by atoms with E-state index in [-0.39, 0.29) is 22.6 Å². The van der Waals surface area contributed by atoms with Crippen molar-refractivity contribution in [1.29, 1.82) is 0 Å². The SMILES string of the molecule is OC(c1ccc(SC(F)(F)F)cc1)C1CCCC1. The van der Waals surface area contributed by atoms with Gasteiger partial charge >= 0.3 is 5.51 Å². The molecule has 2 rings (SSSR count). The van der Waals surface area contributed by atoms with E-state index in [0.717, 1.165) is 25.7 Å². The van der Waals surface area contributed by atoms with Gasteiger partial charge in [-0.1, -0.05) is 25.0 Å².